The zero-order valence-electron chi connectivity index (χ0n) is 7.70. The highest BCUT2D eigenvalue weighted by molar-refractivity contribution is 6.54. The Morgan fingerprint density at radius 3 is 2.77 bits per heavy atom. The van der Waals surface area contributed by atoms with Gasteiger partial charge in [-0.05, 0) is 6.07 Å². The number of carbonyl (C=O) groups is 1. The van der Waals surface area contributed by atoms with Crippen molar-refractivity contribution in [3.63, 3.8) is 0 Å². The zero-order valence-corrected chi connectivity index (χ0v) is 7.70. The van der Waals surface area contributed by atoms with Gasteiger partial charge < -0.3 is 10.5 Å². The molecule has 0 atom stereocenters. The van der Waals surface area contributed by atoms with Crippen molar-refractivity contribution in [3.05, 3.63) is 23.8 Å². The van der Waals surface area contributed by atoms with E-state index < -0.39 is 5.97 Å². The van der Waals surface area contributed by atoms with Crippen LogP contribution in [0.5, 0.6) is 0 Å². The van der Waals surface area contributed by atoms with Crippen LogP contribution in [0, 0.1) is 0 Å². The van der Waals surface area contributed by atoms with E-state index >= 15 is 0 Å². The maximum absolute atomic E-state index is 11.2. The van der Waals surface area contributed by atoms with Crippen molar-refractivity contribution < 1.29 is 9.53 Å². The van der Waals surface area contributed by atoms with Gasteiger partial charge in [0.25, 0.3) is 0 Å². The van der Waals surface area contributed by atoms with Gasteiger partial charge in [-0.2, -0.15) is 0 Å². The molecule has 0 amide bonds. The molecule has 0 spiro atoms. The van der Waals surface area contributed by atoms with Crippen LogP contribution in [0.2, 0.25) is 6.82 Å². The number of esters is 1. The van der Waals surface area contributed by atoms with Gasteiger partial charge in [-0.3, -0.25) is 0 Å². The lowest BCUT2D eigenvalue weighted by Gasteiger charge is -2.06. The second kappa shape index (κ2) is 3.98. The lowest BCUT2D eigenvalue weighted by atomic mass is 9.72. The van der Waals surface area contributed by atoms with Gasteiger partial charge in [-0.1, -0.05) is 24.4 Å². The Kier molecular flexibility index (Phi) is 2.95. The number of nitrogen functional groups attached to an aromatic ring is 1. The summed E-state index contributed by atoms with van der Waals surface area (Å²) in [5, 5.41) is 0. The maximum atomic E-state index is 11.2. The predicted octanol–water partition coefficient (Wildman–Crippen LogP) is 0.433. The van der Waals surface area contributed by atoms with E-state index in [0.717, 1.165) is 5.46 Å². The molecule has 0 saturated carbocycles. The average molecular weight is 176 g/mol. The highest BCUT2D eigenvalue weighted by atomic mass is 16.5. The number of benzene rings is 1. The van der Waals surface area contributed by atoms with Crippen LogP contribution in [0.25, 0.3) is 0 Å². The van der Waals surface area contributed by atoms with Gasteiger partial charge in [0, 0.05) is 5.69 Å². The van der Waals surface area contributed by atoms with Crippen molar-refractivity contribution in [1.29, 1.82) is 0 Å². The monoisotopic (exact) mass is 176 g/mol. The molecular weight excluding hydrogens is 165 g/mol. The minimum Gasteiger partial charge on any atom is -0.465 e. The molecule has 13 heavy (non-hydrogen) atoms. The highest BCUT2D eigenvalue weighted by Gasteiger charge is 2.11. The lowest BCUT2D eigenvalue weighted by Crippen LogP contribution is -2.20. The average Bonchev–Trinajstić information content (AvgIpc) is 2.17. The molecule has 1 rings (SSSR count). The highest BCUT2D eigenvalue weighted by Crippen LogP contribution is 2.09. The fourth-order valence-corrected chi connectivity index (χ4v) is 1.12. The van der Waals surface area contributed by atoms with Crippen molar-refractivity contribution >= 4 is 24.4 Å². The summed E-state index contributed by atoms with van der Waals surface area (Å²) in [4.78, 5) is 11.2. The summed E-state index contributed by atoms with van der Waals surface area (Å²) in [7, 11) is 3.19. The van der Waals surface area contributed by atoms with Crippen LogP contribution < -0.4 is 11.2 Å². The number of hydrogen-bond acceptors (Lipinski definition) is 3. The number of anilines is 1. The SMILES string of the molecule is C[B]c1cccc(C(=O)OC)c1N. The number of carbonyl (C=O) groups excluding carboxylic acids is 1. The summed E-state index contributed by atoms with van der Waals surface area (Å²) >= 11 is 0. The minimum absolute atomic E-state index is 0.402. The van der Waals surface area contributed by atoms with E-state index in [9.17, 15) is 4.79 Å². The molecule has 1 aromatic carbocycles. The number of methoxy groups -OCH3 is 1. The first kappa shape index (κ1) is 9.64. The van der Waals surface area contributed by atoms with Crippen molar-refractivity contribution in [3.8, 4) is 0 Å². The van der Waals surface area contributed by atoms with E-state index in [-0.39, 0.29) is 0 Å². The van der Waals surface area contributed by atoms with Gasteiger partial charge in [0.15, 0.2) is 7.28 Å². The van der Waals surface area contributed by atoms with Gasteiger partial charge in [0.2, 0.25) is 0 Å². The van der Waals surface area contributed by atoms with E-state index in [4.69, 9.17) is 5.73 Å². The lowest BCUT2D eigenvalue weighted by molar-refractivity contribution is 0.0602. The first-order valence-corrected chi connectivity index (χ1v) is 3.97. The molecule has 0 saturated heterocycles. The van der Waals surface area contributed by atoms with Crippen LogP contribution in [0.4, 0.5) is 5.69 Å². The normalized spacial score (nSPS) is 9.38. The van der Waals surface area contributed by atoms with Gasteiger partial charge in [-0.25, -0.2) is 4.79 Å². The quantitative estimate of drug-likeness (QED) is 0.404. The Bertz CT molecular complexity index is 325. The molecule has 67 valence electrons. The molecule has 0 unspecified atom stereocenters. The number of para-hydroxylation sites is 1. The molecule has 0 aliphatic rings. The van der Waals surface area contributed by atoms with Gasteiger partial charge in [-0.15, -0.1) is 0 Å². The van der Waals surface area contributed by atoms with Crippen LogP contribution >= 0.6 is 0 Å². The summed E-state index contributed by atoms with van der Waals surface area (Å²) in [6, 6.07) is 5.27. The molecule has 0 fully saturated rings. The van der Waals surface area contributed by atoms with E-state index in [1.165, 1.54) is 7.11 Å². The first-order valence-electron chi connectivity index (χ1n) is 3.97. The smallest absolute Gasteiger partial charge is 0.339 e. The summed E-state index contributed by atoms with van der Waals surface area (Å²) < 4.78 is 4.58. The topological polar surface area (TPSA) is 52.3 Å². The van der Waals surface area contributed by atoms with Crippen molar-refractivity contribution in [2.75, 3.05) is 12.8 Å². The van der Waals surface area contributed by atoms with Gasteiger partial charge in [0.1, 0.15) is 0 Å². The standard InChI is InChI=1S/C9H11BNO2/c1-10-7-5-3-4-6(8(7)11)9(12)13-2/h3-5H,11H2,1-2H3. The molecule has 0 aliphatic heterocycles. The number of rotatable bonds is 2. The summed E-state index contributed by atoms with van der Waals surface area (Å²) in [5.74, 6) is -0.402. The molecule has 1 radical (unpaired) electrons. The fraction of sp³-hybridized carbons (Fsp3) is 0.222. The third kappa shape index (κ3) is 1.83. The van der Waals surface area contributed by atoms with E-state index in [2.05, 4.69) is 4.74 Å². The first-order chi connectivity index (χ1) is 6.20. The molecule has 3 nitrogen and oxygen atoms in total. The molecule has 0 aliphatic carbocycles. The Morgan fingerprint density at radius 2 is 2.23 bits per heavy atom. The summed E-state index contributed by atoms with van der Waals surface area (Å²) in [5.41, 5.74) is 7.47. The van der Waals surface area contributed by atoms with E-state index in [1.807, 2.05) is 20.2 Å². The van der Waals surface area contributed by atoms with Crippen LogP contribution in [0.1, 0.15) is 10.4 Å². The second-order valence-electron chi connectivity index (χ2n) is 2.59. The molecule has 0 aromatic heterocycles. The molecule has 0 bridgehead atoms. The van der Waals surface area contributed by atoms with Crippen LogP contribution in [0.3, 0.4) is 0 Å². The molecular formula is C9H11BNO2. The predicted molar refractivity (Wildman–Crippen MR) is 53.4 cm³/mol. The molecule has 1 aromatic rings. The molecule has 4 heteroatoms. The Hall–Kier alpha value is -1.45. The van der Waals surface area contributed by atoms with Crippen molar-refractivity contribution in [2.24, 2.45) is 0 Å². The van der Waals surface area contributed by atoms with Crippen molar-refractivity contribution in [1.82, 2.24) is 0 Å². The van der Waals surface area contributed by atoms with Gasteiger partial charge in [0.05, 0.1) is 12.7 Å². The molecule has 0 heterocycles. The van der Waals surface area contributed by atoms with Crippen LogP contribution in [-0.2, 0) is 4.74 Å². The third-order valence-corrected chi connectivity index (χ3v) is 1.86. The molecule has 2 N–H and O–H groups in total. The van der Waals surface area contributed by atoms with Crippen LogP contribution in [0.15, 0.2) is 18.2 Å². The van der Waals surface area contributed by atoms with E-state index in [1.54, 1.807) is 12.1 Å². The Balaban J connectivity index is 3.15. The Labute approximate surface area is 78.1 Å². The number of nitrogens with two attached hydrogens (primary N) is 1. The third-order valence-electron chi connectivity index (χ3n) is 1.86. The Morgan fingerprint density at radius 1 is 1.54 bits per heavy atom. The zero-order chi connectivity index (χ0) is 9.84. The summed E-state index contributed by atoms with van der Waals surface area (Å²) in [6.45, 7) is 1.87. The minimum atomic E-state index is -0.402. The maximum Gasteiger partial charge on any atom is 0.339 e. The largest absolute Gasteiger partial charge is 0.465 e. The van der Waals surface area contributed by atoms with Gasteiger partial charge >= 0.3 is 5.97 Å². The summed E-state index contributed by atoms with van der Waals surface area (Å²) in [6.07, 6.45) is 0. The van der Waals surface area contributed by atoms with Crippen LogP contribution in [-0.4, -0.2) is 20.4 Å². The number of ether oxygens (including phenoxy) is 1. The fourth-order valence-electron chi connectivity index (χ4n) is 1.12. The number of hydrogen-bond donors (Lipinski definition) is 1. The van der Waals surface area contributed by atoms with Crippen molar-refractivity contribution in [2.45, 2.75) is 6.82 Å². The second-order valence-corrected chi connectivity index (χ2v) is 2.59. The van der Waals surface area contributed by atoms with E-state index in [0.29, 0.717) is 11.3 Å².